The van der Waals surface area contributed by atoms with Crippen molar-refractivity contribution in [3.8, 4) is 11.8 Å². The molecule has 0 aliphatic heterocycles. The fourth-order valence-corrected chi connectivity index (χ4v) is 1.55. The number of benzene rings is 1. The number of nitrogens with zero attached hydrogens (tertiary/aromatic N) is 1. The highest BCUT2D eigenvalue weighted by atomic mass is 79.9. The molecule has 0 aliphatic carbocycles. The molecule has 68 valence electrons. The van der Waals surface area contributed by atoms with Crippen LogP contribution in [0.3, 0.4) is 0 Å². The van der Waals surface area contributed by atoms with Gasteiger partial charge in [-0.3, -0.25) is 0 Å². The summed E-state index contributed by atoms with van der Waals surface area (Å²) in [6.07, 6.45) is 0. The summed E-state index contributed by atoms with van der Waals surface area (Å²) in [5.41, 5.74) is 1.01. The number of hydrogen-bond donors (Lipinski definition) is 0. The molecular formula is C10H10BrNO. The largest absolute Gasteiger partial charge is 0.497 e. The Hall–Kier alpha value is -1.01. The maximum absolute atomic E-state index is 8.79. The van der Waals surface area contributed by atoms with Gasteiger partial charge in [0.05, 0.1) is 19.1 Å². The summed E-state index contributed by atoms with van der Waals surface area (Å²) in [4.78, 5) is 0. The Bertz CT molecular complexity index is 302. The zero-order valence-electron chi connectivity index (χ0n) is 7.33. The van der Waals surface area contributed by atoms with E-state index in [0.29, 0.717) is 5.33 Å². The van der Waals surface area contributed by atoms with Crippen molar-refractivity contribution in [1.29, 1.82) is 5.26 Å². The van der Waals surface area contributed by atoms with E-state index in [0.717, 1.165) is 11.3 Å². The SMILES string of the molecule is COc1ccc(C(C#N)CBr)cc1. The predicted octanol–water partition coefficient (Wildman–Crippen LogP) is 2.70. The van der Waals surface area contributed by atoms with Crippen LogP contribution >= 0.6 is 15.9 Å². The molecule has 1 unspecified atom stereocenters. The minimum Gasteiger partial charge on any atom is -0.497 e. The molecule has 0 aliphatic rings. The van der Waals surface area contributed by atoms with Gasteiger partial charge in [0, 0.05) is 5.33 Å². The standard InChI is InChI=1S/C10H10BrNO/c1-13-10-4-2-8(3-5-10)9(6-11)7-12/h2-5,9H,6H2,1H3. The van der Waals surface area contributed by atoms with Gasteiger partial charge in [0.25, 0.3) is 0 Å². The van der Waals surface area contributed by atoms with Crippen molar-refractivity contribution in [2.45, 2.75) is 5.92 Å². The first-order chi connectivity index (χ1) is 6.31. The molecule has 0 saturated heterocycles. The molecule has 0 amide bonds. The first-order valence-electron chi connectivity index (χ1n) is 3.91. The van der Waals surface area contributed by atoms with Crippen LogP contribution in [0.2, 0.25) is 0 Å². The van der Waals surface area contributed by atoms with Crippen LogP contribution in [0.25, 0.3) is 0 Å². The Morgan fingerprint density at radius 3 is 2.46 bits per heavy atom. The smallest absolute Gasteiger partial charge is 0.118 e. The van der Waals surface area contributed by atoms with E-state index in [2.05, 4.69) is 22.0 Å². The number of rotatable bonds is 3. The average Bonchev–Trinajstić information content (AvgIpc) is 2.21. The number of alkyl halides is 1. The van der Waals surface area contributed by atoms with Crippen LogP contribution in [0, 0.1) is 11.3 Å². The lowest BCUT2D eigenvalue weighted by molar-refractivity contribution is 0.414. The first-order valence-corrected chi connectivity index (χ1v) is 5.03. The number of halogens is 1. The third kappa shape index (κ3) is 2.46. The van der Waals surface area contributed by atoms with Gasteiger partial charge in [0.2, 0.25) is 0 Å². The topological polar surface area (TPSA) is 33.0 Å². The summed E-state index contributed by atoms with van der Waals surface area (Å²) < 4.78 is 5.02. The Morgan fingerprint density at radius 2 is 2.08 bits per heavy atom. The van der Waals surface area contributed by atoms with Crippen molar-refractivity contribution in [1.82, 2.24) is 0 Å². The molecule has 0 fully saturated rings. The molecule has 1 aromatic carbocycles. The van der Waals surface area contributed by atoms with E-state index in [1.165, 1.54) is 0 Å². The highest BCUT2D eigenvalue weighted by molar-refractivity contribution is 9.09. The molecule has 0 spiro atoms. The van der Waals surface area contributed by atoms with E-state index in [4.69, 9.17) is 10.00 Å². The summed E-state index contributed by atoms with van der Waals surface area (Å²) in [5.74, 6) is 0.737. The van der Waals surface area contributed by atoms with Crippen molar-refractivity contribution < 1.29 is 4.74 Å². The number of nitriles is 1. The fraction of sp³-hybridized carbons (Fsp3) is 0.300. The van der Waals surface area contributed by atoms with E-state index in [-0.39, 0.29) is 5.92 Å². The second kappa shape index (κ2) is 4.88. The Kier molecular flexibility index (Phi) is 3.78. The maximum Gasteiger partial charge on any atom is 0.118 e. The molecule has 1 aromatic rings. The zero-order chi connectivity index (χ0) is 9.68. The van der Waals surface area contributed by atoms with Crippen LogP contribution in [0.4, 0.5) is 0 Å². The molecule has 1 rings (SSSR count). The van der Waals surface area contributed by atoms with Gasteiger partial charge in [-0.25, -0.2) is 0 Å². The van der Waals surface area contributed by atoms with Crippen molar-refractivity contribution >= 4 is 15.9 Å². The minimum atomic E-state index is -0.0779. The minimum absolute atomic E-state index is 0.0779. The molecule has 0 radical (unpaired) electrons. The third-order valence-corrected chi connectivity index (χ3v) is 2.48. The third-order valence-electron chi connectivity index (χ3n) is 1.83. The van der Waals surface area contributed by atoms with Gasteiger partial charge in [0.15, 0.2) is 0 Å². The van der Waals surface area contributed by atoms with Gasteiger partial charge in [-0.2, -0.15) is 5.26 Å². The first kappa shape index (κ1) is 10.1. The van der Waals surface area contributed by atoms with E-state index >= 15 is 0 Å². The van der Waals surface area contributed by atoms with Gasteiger partial charge < -0.3 is 4.74 Å². The molecule has 13 heavy (non-hydrogen) atoms. The van der Waals surface area contributed by atoms with Crippen molar-refractivity contribution in [2.24, 2.45) is 0 Å². The van der Waals surface area contributed by atoms with E-state index in [1.807, 2.05) is 24.3 Å². The predicted molar refractivity (Wildman–Crippen MR) is 55.1 cm³/mol. The van der Waals surface area contributed by atoms with E-state index < -0.39 is 0 Å². The molecule has 2 nitrogen and oxygen atoms in total. The van der Waals surface area contributed by atoms with Crippen LogP contribution in [-0.4, -0.2) is 12.4 Å². The molecule has 1 atom stereocenters. The Labute approximate surface area is 86.3 Å². The number of methoxy groups -OCH3 is 1. The van der Waals surface area contributed by atoms with Gasteiger partial charge >= 0.3 is 0 Å². The van der Waals surface area contributed by atoms with Gasteiger partial charge in [-0.05, 0) is 17.7 Å². The molecule has 0 saturated carbocycles. The fourth-order valence-electron chi connectivity index (χ4n) is 1.03. The highest BCUT2D eigenvalue weighted by Gasteiger charge is 2.07. The van der Waals surface area contributed by atoms with Gasteiger partial charge in [-0.15, -0.1) is 0 Å². The lowest BCUT2D eigenvalue weighted by atomic mass is 10.0. The molecule has 3 heteroatoms. The molecule has 0 N–H and O–H groups in total. The van der Waals surface area contributed by atoms with Crippen LogP contribution in [0.1, 0.15) is 11.5 Å². The van der Waals surface area contributed by atoms with Crippen molar-refractivity contribution in [3.05, 3.63) is 29.8 Å². The Balaban J connectivity index is 2.86. The number of ether oxygens (including phenoxy) is 1. The summed E-state index contributed by atoms with van der Waals surface area (Å²) >= 11 is 3.29. The highest BCUT2D eigenvalue weighted by Crippen LogP contribution is 2.20. The lowest BCUT2D eigenvalue weighted by Gasteiger charge is -2.05. The van der Waals surface area contributed by atoms with Crippen molar-refractivity contribution in [2.75, 3.05) is 12.4 Å². The second-order valence-corrected chi connectivity index (χ2v) is 3.26. The van der Waals surface area contributed by atoms with Crippen LogP contribution in [0.15, 0.2) is 24.3 Å². The summed E-state index contributed by atoms with van der Waals surface area (Å²) in [5, 5.41) is 9.46. The van der Waals surface area contributed by atoms with E-state index in [9.17, 15) is 0 Å². The summed E-state index contributed by atoms with van der Waals surface area (Å²) in [7, 11) is 1.63. The maximum atomic E-state index is 8.79. The van der Waals surface area contributed by atoms with Crippen LogP contribution < -0.4 is 4.74 Å². The van der Waals surface area contributed by atoms with Gasteiger partial charge in [0.1, 0.15) is 5.75 Å². The molecule has 0 aromatic heterocycles. The van der Waals surface area contributed by atoms with Crippen molar-refractivity contribution in [3.63, 3.8) is 0 Å². The molecule has 0 bridgehead atoms. The Morgan fingerprint density at radius 1 is 1.46 bits per heavy atom. The molecule has 0 heterocycles. The van der Waals surface area contributed by atoms with E-state index in [1.54, 1.807) is 7.11 Å². The zero-order valence-corrected chi connectivity index (χ0v) is 8.91. The van der Waals surface area contributed by atoms with Crippen LogP contribution in [-0.2, 0) is 0 Å². The normalized spacial score (nSPS) is 11.8. The lowest BCUT2D eigenvalue weighted by Crippen LogP contribution is -1.96. The molecular weight excluding hydrogens is 230 g/mol. The second-order valence-electron chi connectivity index (χ2n) is 2.61. The monoisotopic (exact) mass is 239 g/mol. The average molecular weight is 240 g/mol. The summed E-state index contributed by atoms with van der Waals surface area (Å²) in [6.45, 7) is 0. The van der Waals surface area contributed by atoms with Crippen LogP contribution in [0.5, 0.6) is 5.75 Å². The van der Waals surface area contributed by atoms with Gasteiger partial charge in [-0.1, -0.05) is 28.1 Å². The summed E-state index contributed by atoms with van der Waals surface area (Å²) in [6, 6.07) is 9.77. The quantitative estimate of drug-likeness (QED) is 0.761. The number of hydrogen-bond acceptors (Lipinski definition) is 2.